The molecule has 2 aromatic rings. The molecular weight excluding hydrogens is 435 g/mol. The quantitative estimate of drug-likeness (QED) is 0.138. The molecule has 1 aliphatic rings. The maximum atomic E-state index is 14.6. The van der Waals surface area contributed by atoms with E-state index in [4.69, 9.17) is 16.5 Å². The zero-order valence-corrected chi connectivity index (χ0v) is 18.7. The third-order valence-corrected chi connectivity index (χ3v) is 6.19. The number of hydrazine groups is 2. The Morgan fingerprint density at radius 2 is 2.09 bits per heavy atom. The molecule has 1 aromatic carbocycles. The van der Waals surface area contributed by atoms with E-state index in [2.05, 4.69) is 26.4 Å². The van der Waals surface area contributed by atoms with Crippen molar-refractivity contribution in [3.63, 3.8) is 0 Å². The van der Waals surface area contributed by atoms with Crippen molar-refractivity contribution in [2.24, 2.45) is 16.8 Å². The van der Waals surface area contributed by atoms with E-state index in [9.17, 15) is 9.18 Å². The summed E-state index contributed by atoms with van der Waals surface area (Å²) >= 11 is 1.10. The van der Waals surface area contributed by atoms with Gasteiger partial charge in [0.25, 0.3) is 5.91 Å². The summed E-state index contributed by atoms with van der Waals surface area (Å²) in [5, 5.41) is 5.14. The van der Waals surface area contributed by atoms with Gasteiger partial charge < -0.3 is 5.84 Å². The van der Waals surface area contributed by atoms with Gasteiger partial charge in [-0.3, -0.25) is 31.0 Å². The van der Waals surface area contributed by atoms with E-state index >= 15 is 0 Å². The molecule has 32 heavy (non-hydrogen) atoms. The fourth-order valence-corrected chi connectivity index (χ4v) is 4.27. The van der Waals surface area contributed by atoms with Crippen LogP contribution in [0.15, 0.2) is 40.5 Å². The van der Waals surface area contributed by atoms with Gasteiger partial charge in [0.2, 0.25) is 5.17 Å². The van der Waals surface area contributed by atoms with Crippen LogP contribution in [0.25, 0.3) is 0 Å². The number of carbonyl (C=O) groups is 1. The van der Waals surface area contributed by atoms with Gasteiger partial charge in [-0.1, -0.05) is 12.8 Å². The number of halogens is 1. The maximum Gasteiger partial charge on any atom is 0.270 e. The van der Waals surface area contributed by atoms with Gasteiger partial charge in [-0.25, -0.2) is 15.2 Å². The van der Waals surface area contributed by atoms with E-state index in [1.165, 1.54) is 18.2 Å². The first kappa shape index (κ1) is 23.6. The third kappa shape index (κ3) is 5.78. The van der Waals surface area contributed by atoms with Gasteiger partial charge in [-0.15, -0.1) is 0 Å². The zero-order valence-electron chi connectivity index (χ0n) is 17.9. The Bertz CT molecular complexity index is 982. The van der Waals surface area contributed by atoms with Gasteiger partial charge in [-0.05, 0) is 60.4 Å². The molecule has 0 bridgehead atoms. The van der Waals surface area contributed by atoms with Gasteiger partial charge in [0.15, 0.2) is 11.6 Å². The molecule has 0 spiro atoms. The van der Waals surface area contributed by atoms with E-state index < -0.39 is 11.7 Å². The zero-order chi connectivity index (χ0) is 23.1. The Morgan fingerprint density at radius 3 is 2.72 bits per heavy atom. The Morgan fingerprint density at radius 1 is 1.34 bits per heavy atom. The van der Waals surface area contributed by atoms with Gasteiger partial charge in [-0.2, -0.15) is 5.10 Å². The first-order valence-electron chi connectivity index (χ1n) is 10.0. The van der Waals surface area contributed by atoms with Crippen LogP contribution in [0, 0.1) is 5.82 Å². The number of thioether (sulfide) groups is 1. The van der Waals surface area contributed by atoms with Crippen molar-refractivity contribution in [2.75, 3.05) is 25.1 Å². The Labute approximate surface area is 189 Å². The molecule has 1 saturated carbocycles. The average Bonchev–Trinajstić information content (AvgIpc) is 3.32. The average molecular weight is 463 g/mol. The highest BCUT2D eigenvalue weighted by atomic mass is 32.2. The fourth-order valence-electron chi connectivity index (χ4n) is 3.48. The minimum atomic E-state index is -0.526. The number of carbonyl (C=O) groups excluding carboxylic acids is 1. The number of benzene rings is 1. The largest absolute Gasteiger partial charge is 0.321 e. The molecule has 3 rings (SSSR count). The third-order valence-electron chi connectivity index (χ3n) is 5.04. The molecule has 1 amide bonds. The highest BCUT2D eigenvalue weighted by Gasteiger charge is 2.20. The van der Waals surface area contributed by atoms with Crippen LogP contribution < -0.4 is 28.0 Å². The Balaban J connectivity index is 1.76. The van der Waals surface area contributed by atoms with Crippen molar-refractivity contribution >= 4 is 34.3 Å². The number of pyridine rings is 1. The molecule has 0 unspecified atom stereocenters. The summed E-state index contributed by atoms with van der Waals surface area (Å²) < 4.78 is 14.6. The second kappa shape index (κ2) is 11.0. The number of amidine groups is 1. The summed E-state index contributed by atoms with van der Waals surface area (Å²) in [4.78, 5) is 22.5. The first-order chi connectivity index (χ1) is 15.4. The minimum absolute atomic E-state index is 0.0635. The highest BCUT2D eigenvalue weighted by Crippen LogP contribution is 2.34. The van der Waals surface area contributed by atoms with Gasteiger partial charge in [0.1, 0.15) is 0 Å². The molecule has 1 heterocycles. The van der Waals surface area contributed by atoms with Crippen LogP contribution in [0.2, 0.25) is 0 Å². The molecule has 1 aliphatic carbocycles. The summed E-state index contributed by atoms with van der Waals surface area (Å²) in [5.41, 5.74) is 9.39. The minimum Gasteiger partial charge on any atom is -0.321 e. The molecule has 172 valence electrons. The van der Waals surface area contributed by atoms with Crippen LogP contribution in [-0.4, -0.2) is 35.2 Å². The van der Waals surface area contributed by atoms with Crippen molar-refractivity contribution in [3.05, 3.63) is 47.4 Å². The van der Waals surface area contributed by atoms with Crippen molar-refractivity contribution in [1.29, 1.82) is 0 Å². The number of rotatable bonds is 7. The van der Waals surface area contributed by atoms with Gasteiger partial charge in [0, 0.05) is 18.1 Å². The van der Waals surface area contributed by atoms with Gasteiger partial charge >= 0.3 is 0 Å². The summed E-state index contributed by atoms with van der Waals surface area (Å²) in [6, 6.07) is 6.44. The van der Waals surface area contributed by atoms with Crippen LogP contribution >= 0.6 is 11.8 Å². The fraction of sp³-hybridized carbons (Fsp3) is 0.350. The molecule has 1 aromatic heterocycles. The standard InChI is InChI=1S/C20H27FN8O2S/c1-29(23)20(25-22)32-17-8-7-14(28-31-2)10-15(17)19(30)27-26-18-16(21)9-13(11-24-18)12-5-3-4-6-12/h7-12,28H,3-6,22-23H2,1-2H3,(H,24,26)(H,27,30)/b25-20+. The Hall–Kier alpha value is -3.09. The number of nitrogens with one attached hydrogen (secondary N) is 3. The molecule has 7 N–H and O–H groups in total. The molecule has 0 saturated heterocycles. The Kier molecular flexibility index (Phi) is 8.09. The predicted molar refractivity (Wildman–Crippen MR) is 123 cm³/mol. The lowest BCUT2D eigenvalue weighted by atomic mass is 10.00. The van der Waals surface area contributed by atoms with E-state index in [0.29, 0.717) is 16.5 Å². The monoisotopic (exact) mass is 462 g/mol. The van der Waals surface area contributed by atoms with Crippen LogP contribution in [-0.2, 0) is 4.84 Å². The van der Waals surface area contributed by atoms with Crippen molar-refractivity contribution in [3.8, 4) is 0 Å². The summed E-state index contributed by atoms with van der Waals surface area (Å²) in [6.07, 6.45) is 6.04. The molecule has 0 radical (unpaired) electrons. The second-order valence-corrected chi connectivity index (χ2v) is 8.31. The number of nitrogens with two attached hydrogens (primary N) is 2. The van der Waals surface area contributed by atoms with Gasteiger partial charge in [0.05, 0.1) is 18.4 Å². The van der Waals surface area contributed by atoms with Crippen LogP contribution in [0.3, 0.4) is 0 Å². The first-order valence-corrected chi connectivity index (χ1v) is 10.8. The lowest BCUT2D eigenvalue weighted by Gasteiger charge is -2.17. The summed E-state index contributed by atoms with van der Waals surface area (Å²) in [5.74, 6) is 10.3. The number of nitrogens with zero attached hydrogens (tertiary/aromatic N) is 3. The number of hydrogen-bond donors (Lipinski definition) is 5. The topological polar surface area (TPSA) is 143 Å². The van der Waals surface area contributed by atoms with Crippen molar-refractivity contribution < 1.29 is 14.0 Å². The molecule has 1 fully saturated rings. The van der Waals surface area contributed by atoms with Crippen LogP contribution in [0.5, 0.6) is 0 Å². The lowest BCUT2D eigenvalue weighted by Crippen LogP contribution is -2.33. The van der Waals surface area contributed by atoms with Crippen molar-refractivity contribution in [2.45, 2.75) is 36.5 Å². The van der Waals surface area contributed by atoms with Crippen LogP contribution in [0.4, 0.5) is 15.9 Å². The number of hydrogen-bond acceptors (Lipinski definition) is 9. The normalized spacial score (nSPS) is 14.3. The second-order valence-electron chi connectivity index (χ2n) is 7.30. The van der Waals surface area contributed by atoms with E-state index in [1.807, 2.05) is 0 Å². The number of anilines is 2. The number of aromatic nitrogens is 1. The molecule has 0 atom stereocenters. The highest BCUT2D eigenvalue weighted by molar-refractivity contribution is 8.13. The van der Waals surface area contributed by atoms with E-state index in [0.717, 1.165) is 43.0 Å². The number of hydrazone groups is 1. The summed E-state index contributed by atoms with van der Waals surface area (Å²) in [7, 11) is 3.03. The molecule has 0 aliphatic heterocycles. The number of amides is 1. The molecular formula is C20H27FN8O2S. The summed E-state index contributed by atoms with van der Waals surface area (Å²) in [6.45, 7) is 0. The lowest BCUT2D eigenvalue weighted by molar-refractivity contribution is 0.0959. The predicted octanol–water partition coefficient (Wildman–Crippen LogP) is 2.74. The SMILES string of the molecule is CONc1ccc(S/C(=N/N)N(C)N)c(C(=O)NNc2ncc(C3CCCC3)cc2F)c1. The van der Waals surface area contributed by atoms with E-state index in [1.54, 1.807) is 31.4 Å². The molecule has 12 heteroatoms. The van der Waals surface area contributed by atoms with E-state index in [-0.39, 0.29) is 16.5 Å². The smallest absolute Gasteiger partial charge is 0.270 e. The van der Waals surface area contributed by atoms with Crippen LogP contribution in [0.1, 0.15) is 47.5 Å². The maximum absolute atomic E-state index is 14.6. The van der Waals surface area contributed by atoms with Crippen molar-refractivity contribution in [1.82, 2.24) is 15.4 Å². The molecule has 10 nitrogen and oxygen atoms in total.